The molecule has 1 aromatic heterocycles. The van der Waals surface area contributed by atoms with E-state index in [9.17, 15) is 4.79 Å². The highest BCUT2D eigenvalue weighted by atomic mass is 16.2. The van der Waals surface area contributed by atoms with Gasteiger partial charge in [-0.1, -0.05) is 39.8 Å². The zero-order chi connectivity index (χ0) is 20.1. The Balaban J connectivity index is 1.65. The van der Waals surface area contributed by atoms with Crippen LogP contribution in [0.15, 0.2) is 30.3 Å². The quantitative estimate of drug-likeness (QED) is 0.769. The highest BCUT2D eigenvalue weighted by molar-refractivity contribution is 5.94. The summed E-state index contributed by atoms with van der Waals surface area (Å²) in [7, 11) is 0. The number of likely N-dealkylation sites (tertiary alicyclic amines) is 1. The van der Waals surface area contributed by atoms with Gasteiger partial charge in [0.05, 0.1) is 0 Å². The van der Waals surface area contributed by atoms with E-state index < -0.39 is 0 Å². The lowest BCUT2D eigenvalue weighted by molar-refractivity contribution is 0.0724. The van der Waals surface area contributed by atoms with E-state index in [1.807, 2.05) is 35.2 Å². The first kappa shape index (κ1) is 20.3. The van der Waals surface area contributed by atoms with Gasteiger partial charge in [0.1, 0.15) is 11.6 Å². The second-order valence-electron chi connectivity index (χ2n) is 8.25. The maximum Gasteiger partial charge on any atom is 0.253 e. The normalized spacial score (nSPS) is 14.6. The van der Waals surface area contributed by atoms with E-state index in [0.29, 0.717) is 18.4 Å². The largest absolute Gasteiger partial charge is 0.366 e. The van der Waals surface area contributed by atoms with Gasteiger partial charge in [-0.3, -0.25) is 4.79 Å². The number of hydrogen-bond donors (Lipinski definition) is 1. The summed E-state index contributed by atoms with van der Waals surface area (Å²) < 4.78 is 0. The Labute approximate surface area is 168 Å². The lowest BCUT2D eigenvalue weighted by Crippen LogP contribution is -2.35. The van der Waals surface area contributed by atoms with Crippen molar-refractivity contribution in [1.29, 1.82) is 0 Å². The van der Waals surface area contributed by atoms with E-state index in [-0.39, 0.29) is 5.91 Å². The average molecular weight is 381 g/mol. The maximum atomic E-state index is 12.6. The molecule has 5 heteroatoms. The van der Waals surface area contributed by atoms with Gasteiger partial charge in [0, 0.05) is 42.9 Å². The highest BCUT2D eigenvalue weighted by Gasteiger charge is 2.18. The summed E-state index contributed by atoms with van der Waals surface area (Å²) in [5.41, 5.74) is 2.96. The van der Waals surface area contributed by atoms with E-state index in [1.54, 1.807) is 0 Å². The number of piperidine rings is 1. The minimum atomic E-state index is 0.151. The molecule has 1 aromatic carbocycles. The van der Waals surface area contributed by atoms with E-state index >= 15 is 0 Å². The van der Waals surface area contributed by atoms with Crippen molar-refractivity contribution >= 4 is 11.7 Å². The molecular weight excluding hydrogens is 348 g/mol. The SMILES string of the molecule is CC(C)c1cc(NCc2ccc(C(=O)N3CCCCC3)cc2)nc(C(C)C)n1. The fourth-order valence-corrected chi connectivity index (χ4v) is 3.37. The monoisotopic (exact) mass is 380 g/mol. The maximum absolute atomic E-state index is 12.6. The number of anilines is 1. The van der Waals surface area contributed by atoms with Gasteiger partial charge in [-0.15, -0.1) is 0 Å². The summed E-state index contributed by atoms with van der Waals surface area (Å²) in [6.45, 7) is 11.0. The first-order valence-corrected chi connectivity index (χ1v) is 10.4. The molecule has 5 nitrogen and oxygen atoms in total. The van der Waals surface area contributed by atoms with Crippen LogP contribution in [0.25, 0.3) is 0 Å². The molecular formula is C23H32N4O. The molecule has 1 amide bonds. The van der Waals surface area contributed by atoms with Gasteiger partial charge >= 0.3 is 0 Å². The van der Waals surface area contributed by atoms with Crippen LogP contribution in [-0.2, 0) is 6.54 Å². The third-order valence-corrected chi connectivity index (χ3v) is 5.19. The minimum absolute atomic E-state index is 0.151. The standard InChI is InChI=1S/C23H32N4O/c1-16(2)20-14-21(26-22(25-20)17(3)4)24-15-18-8-10-19(11-9-18)23(28)27-12-6-5-7-13-27/h8-11,14,16-17H,5-7,12-13,15H2,1-4H3,(H,24,25,26). The molecule has 0 bridgehead atoms. The number of hydrogen-bond acceptors (Lipinski definition) is 4. The number of nitrogens with zero attached hydrogens (tertiary/aromatic N) is 3. The van der Waals surface area contributed by atoms with Crippen molar-refractivity contribution in [2.24, 2.45) is 0 Å². The Morgan fingerprint density at radius 1 is 1.00 bits per heavy atom. The topological polar surface area (TPSA) is 58.1 Å². The molecule has 0 radical (unpaired) electrons. The summed E-state index contributed by atoms with van der Waals surface area (Å²) in [6, 6.07) is 9.96. The smallest absolute Gasteiger partial charge is 0.253 e. The third kappa shape index (κ3) is 5.09. The van der Waals surface area contributed by atoms with Crippen LogP contribution in [-0.4, -0.2) is 33.9 Å². The van der Waals surface area contributed by atoms with Crippen LogP contribution in [0, 0.1) is 0 Å². The van der Waals surface area contributed by atoms with E-state index in [1.165, 1.54) is 6.42 Å². The van der Waals surface area contributed by atoms with Crippen LogP contribution in [0.2, 0.25) is 0 Å². The molecule has 0 aliphatic carbocycles. The molecule has 2 heterocycles. The van der Waals surface area contributed by atoms with Gasteiger partial charge in [-0.05, 0) is 42.9 Å². The fourth-order valence-electron chi connectivity index (χ4n) is 3.37. The minimum Gasteiger partial charge on any atom is -0.366 e. The highest BCUT2D eigenvalue weighted by Crippen LogP contribution is 2.20. The zero-order valence-electron chi connectivity index (χ0n) is 17.5. The number of aromatic nitrogens is 2. The van der Waals surface area contributed by atoms with Crippen molar-refractivity contribution in [2.45, 2.75) is 65.3 Å². The number of carbonyl (C=O) groups is 1. The summed E-state index contributed by atoms with van der Waals surface area (Å²) >= 11 is 0. The van der Waals surface area contributed by atoms with Crippen molar-refractivity contribution in [3.05, 3.63) is 53.0 Å². The third-order valence-electron chi connectivity index (χ3n) is 5.19. The molecule has 2 aromatic rings. The average Bonchev–Trinajstić information content (AvgIpc) is 2.72. The van der Waals surface area contributed by atoms with Crippen LogP contribution in [0.5, 0.6) is 0 Å². The summed E-state index contributed by atoms with van der Waals surface area (Å²) in [6.07, 6.45) is 3.46. The Morgan fingerprint density at radius 3 is 2.29 bits per heavy atom. The van der Waals surface area contributed by atoms with Crippen molar-refractivity contribution < 1.29 is 4.79 Å². The van der Waals surface area contributed by atoms with Crippen LogP contribution < -0.4 is 5.32 Å². The fraction of sp³-hybridized carbons (Fsp3) is 0.522. The van der Waals surface area contributed by atoms with E-state index in [4.69, 9.17) is 0 Å². The summed E-state index contributed by atoms with van der Waals surface area (Å²) in [4.78, 5) is 23.9. The predicted octanol–water partition coefficient (Wildman–Crippen LogP) is 4.96. The van der Waals surface area contributed by atoms with Gasteiger partial charge < -0.3 is 10.2 Å². The number of rotatable bonds is 6. The molecule has 0 spiro atoms. The molecule has 0 unspecified atom stereocenters. The van der Waals surface area contributed by atoms with Crippen molar-refractivity contribution in [2.75, 3.05) is 18.4 Å². The van der Waals surface area contributed by atoms with Gasteiger partial charge in [0.15, 0.2) is 0 Å². The molecule has 1 saturated heterocycles. The molecule has 3 rings (SSSR count). The number of benzene rings is 1. The van der Waals surface area contributed by atoms with Crippen molar-refractivity contribution in [3.63, 3.8) is 0 Å². The molecule has 1 N–H and O–H groups in total. The van der Waals surface area contributed by atoms with E-state index in [2.05, 4.69) is 43.0 Å². The first-order valence-electron chi connectivity index (χ1n) is 10.4. The number of carbonyl (C=O) groups excluding carboxylic acids is 1. The molecule has 0 saturated carbocycles. The zero-order valence-corrected chi connectivity index (χ0v) is 17.5. The second-order valence-corrected chi connectivity index (χ2v) is 8.25. The van der Waals surface area contributed by atoms with Crippen LogP contribution in [0.3, 0.4) is 0 Å². The van der Waals surface area contributed by atoms with Gasteiger partial charge in [-0.25, -0.2) is 9.97 Å². The van der Waals surface area contributed by atoms with Gasteiger partial charge in [-0.2, -0.15) is 0 Å². The molecule has 1 fully saturated rings. The molecule has 150 valence electrons. The van der Waals surface area contributed by atoms with Crippen molar-refractivity contribution in [3.8, 4) is 0 Å². The number of amides is 1. The summed E-state index contributed by atoms with van der Waals surface area (Å²) in [5.74, 6) is 2.53. The second kappa shape index (κ2) is 9.18. The van der Waals surface area contributed by atoms with Gasteiger partial charge in [0.25, 0.3) is 5.91 Å². The molecule has 1 aliphatic heterocycles. The first-order chi connectivity index (χ1) is 13.4. The Bertz CT molecular complexity index is 766. The van der Waals surface area contributed by atoms with Gasteiger partial charge in [0.2, 0.25) is 0 Å². The lowest BCUT2D eigenvalue weighted by Gasteiger charge is -2.26. The molecule has 0 atom stereocenters. The van der Waals surface area contributed by atoms with E-state index in [0.717, 1.165) is 54.4 Å². The molecule has 1 aliphatic rings. The lowest BCUT2D eigenvalue weighted by atomic mass is 10.1. The summed E-state index contributed by atoms with van der Waals surface area (Å²) in [5, 5.41) is 3.42. The molecule has 28 heavy (non-hydrogen) atoms. The predicted molar refractivity (Wildman–Crippen MR) is 114 cm³/mol. The number of nitrogens with one attached hydrogen (secondary N) is 1. The Hall–Kier alpha value is -2.43. The van der Waals surface area contributed by atoms with Crippen LogP contribution >= 0.6 is 0 Å². The Kier molecular flexibility index (Phi) is 6.65. The van der Waals surface area contributed by atoms with Crippen LogP contribution in [0.1, 0.15) is 86.2 Å². The van der Waals surface area contributed by atoms with Crippen LogP contribution in [0.4, 0.5) is 5.82 Å². The Morgan fingerprint density at radius 2 is 1.68 bits per heavy atom. The van der Waals surface area contributed by atoms with Crippen molar-refractivity contribution in [1.82, 2.24) is 14.9 Å².